The number of hydrogen-bond acceptors (Lipinski definition) is 3. The Hall–Kier alpha value is -3.66. The number of anilines is 1. The molecule has 0 radical (unpaired) electrons. The van der Waals surface area contributed by atoms with Crippen molar-refractivity contribution in [3.05, 3.63) is 59.7 Å². The number of benzene rings is 2. The Labute approximate surface area is 142 Å². The van der Waals surface area contributed by atoms with Crippen molar-refractivity contribution >= 4 is 28.5 Å². The van der Waals surface area contributed by atoms with Gasteiger partial charge in [0.25, 0.3) is 11.8 Å². The van der Waals surface area contributed by atoms with Crippen molar-refractivity contribution in [2.45, 2.75) is 0 Å². The molecular weight excluding hydrogens is 323 g/mol. The molecule has 3 aromatic rings. The summed E-state index contributed by atoms with van der Waals surface area (Å²) < 4.78 is 13.7. The van der Waals surface area contributed by atoms with Gasteiger partial charge in [0.2, 0.25) is 0 Å². The zero-order chi connectivity index (χ0) is 17.8. The summed E-state index contributed by atoms with van der Waals surface area (Å²) in [5.41, 5.74) is 1.35. The molecule has 0 aliphatic rings. The maximum Gasteiger partial charge on any atom is 0.258 e. The molecule has 7 heteroatoms. The third-order valence-electron chi connectivity index (χ3n) is 3.50. The number of para-hydroxylation sites is 1. The number of nitrogens with zero attached hydrogens (tertiary/aromatic N) is 1. The van der Waals surface area contributed by atoms with E-state index in [1.165, 1.54) is 12.4 Å². The summed E-state index contributed by atoms with van der Waals surface area (Å²) in [5, 5.41) is 5.15. The van der Waals surface area contributed by atoms with Gasteiger partial charge in [-0.1, -0.05) is 18.1 Å². The van der Waals surface area contributed by atoms with Crippen LogP contribution >= 0.6 is 0 Å². The maximum atomic E-state index is 13.7. The molecule has 0 saturated carbocycles. The number of fused-ring (bicyclic) bond motifs is 1. The number of H-pyrrole nitrogens is 1. The second kappa shape index (κ2) is 6.84. The van der Waals surface area contributed by atoms with Crippen molar-refractivity contribution in [1.29, 1.82) is 0 Å². The van der Waals surface area contributed by atoms with Crippen LogP contribution in [0.4, 0.5) is 10.1 Å². The van der Waals surface area contributed by atoms with Gasteiger partial charge in [-0.3, -0.25) is 9.59 Å². The number of halogens is 1. The van der Waals surface area contributed by atoms with E-state index in [2.05, 4.69) is 26.5 Å². The quantitative estimate of drug-likeness (QED) is 0.639. The van der Waals surface area contributed by atoms with Crippen molar-refractivity contribution in [2.24, 2.45) is 0 Å². The van der Waals surface area contributed by atoms with E-state index in [1.807, 2.05) is 0 Å². The third kappa shape index (κ3) is 3.33. The van der Waals surface area contributed by atoms with Gasteiger partial charge >= 0.3 is 0 Å². The highest BCUT2D eigenvalue weighted by atomic mass is 19.1. The molecule has 25 heavy (non-hydrogen) atoms. The number of terminal acetylenes is 1. The molecule has 1 heterocycles. The van der Waals surface area contributed by atoms with Gasteiger partial charge in [0.15, 0.2) is 0 Å². The summed E-state index contributed by atoms with van der Waals surface area (Å²) in [7, 11) is 0. The Balaban J connectivity index is 1.92. The largest absolute Gasteiger partial charge is 0.344 e. The normalized spacial score (nSPS) is 10.2. The van der Waals surface area contributed by atoms with E-state index in [-0.39, 0.29) is 23.4 Å². The van der Waals surface area contributed by atoms with Crippen molar-refractivity contribution in [1.82, 2.24) is 15.3 Å². The lowest BCUT2D eigenvalue weighted by molar-refractivity contribution is 0.0959. The van der Waals surface area contributed by atoms with Crippen LogP contribution in [0.2, 0.25) is 0 Å². The predicted molar refractivity (Wildman–Crippen MR) is 91.6 cm³/mol. The molecule has 0 fully saturated rings. The highest BCUT2D eigenvalue weighted by Gasteiger charge is 2.17. The fraction of sp³-hybridized carbons (Fsp3) is 0.0556. The number of amides is 2. The van der Waals surface area contributed by atoms with Crippen molar-refractivity contribution in [3.8, 4) is 12.3 Å². The molecule has 2 amide bonds. The Morgan fingerprint density at radius 2 is 2.00 bits per heavy atom. The number of hydrogen-bond donors (Lipinski definition) is 3. The summed E-state index contributed by atoms with van der Waals surface area (Å²) >= 11 is 0. The average molecular weight is 336 g/mol. The van der Waals surface area contributed by atoms with Gasteiger partial charge in [-0.25, -0.2) is 9.37 Å². The van der Waals surface area contributed by atoms with Crippen LogP contribution in [0.5, 0.6) is 0 Å². The zero-order valence-electron chi connectivity index (χ0n) is 13.0. The molecule has 0 spiro atoms. The van der Waals surface area contributed by atoms with E-state index in [1.54, 1.807) is 24.3 Å². The fourth-order valence-electron chi connectivity index (χ4n) is 2.39. The molecule has 0 atom stereocenters. The number of carbonyl (C=O) groups excluding carboxylic acids is 2. The van der Waals surface area contributed by atoms with Crippen molar-refractivity contribution in [3.63, 3.8) is 0 Å². The minimum absolute atomic E-state index is 0.0649. The highest BCUT2D eigenvalue weighted by molar-refractivity contribution is 6.13. The van der Waals surface area contributed by atoms with Gasteiger partial charge in [-0.05, 0) is 24.3 Å². The number of aromatic nitrogens is 2. The zero-order valence-corrected chi connectivity index (χ0v) is 13.0. The Morgan fingerprint density at radius 1 is 1.20 bits per heavy atom. The van der Waals surface area contributed by atoms with Crippen LogP contribution in [0.25, 0.3) is 11.0 Å². The lowest BCUT2D eigenvalue weighted by Gasteiger charge is -2.11. The first-order chi connectivity index (χ1) is 12.1. The van der Waals surface area contributed by atoms with Gasteiger partial charge in [0.05, 0.1) is 35.2 Å². The molecule has 2 aromatic carbocycles. The van der Waals surface area contributed by atoms with Crippen LogP contribution in [0.3, 0.4) is 0 Å². The lowest BCUT2D eigenvalue weighted by atomic mass is 10.1. The minimum Gasteiger partial charge on any atom is -0.344 e. The molecule has 0 unspecified atom stereocenters. The number of carbonyl (C=O) groups is 2. The second-order valence-corrected chi connectivity index (χ2v) is 5.14. The van der Waals surface area contributed by atoms with Crippen LogP contribution in [0, 0.1) is 18.2 Å². The maximum absolute atomic E-state index is 13.7. The number of imidazole rings is 1. The first kappa shape index (κ1) is 16.2. The summed E-state index contributed by atoms with van der Waals surface area (Å²) in [5.74, 6) is 0.744. The van der Waals surface area contributed by atoms with E-state index < -0.39 is 17.6 Å². The summed E-state index contributed by atoms with van der Waals surface area (Å²) in [6.45, 7) is 0.0684. The fourth-order valence-corrected chi connectivity index (χ4v) is 2.39. The van der Waals surface area contributed by atoms with Crippen molar-refractivity contribution < 1.29 is 14.0 Å². The number of rotatable bonds is 4. The smallest absolute Gasteiger partial charge is 0.258 e. The molecule has 0 aliphatic heterocycles. The van der Waals surface area contributed by atoms with Gasteiger partial charge < -0.3 is 15.6 Å². The molecule has 3 rings (SSSR count). The SMILES string of the molecule is C#CCNC(=O)c1ccccc1NC(=O)c1cc(F)cc2[nH]cnc12. The van der Waals surface area contributed by atoms with Crippen LogP contribution in [-0.2, 0) is 0 Å². The van der Waals surface area contributed by atoms with E-state index in [0.29, 0.717) is 11.0 Å². The van der Waals surface area contributed by atoms with E-state index >= 15 is 0 Å². The monoisotopic (exact) mass is 336 g/mol. The van der Waals surface area contributed by atoms with Gasteiger partial charge in [-0.2, -0.15) is 0 Å². The van der Waals surface area contributed by atoms with Crippen molar-refractivity contribution in [2.75, 3.05) is 11.9 Å². The summed E-state index contributed by atoms with van der Waals surface area (Å²) in [6, 6.07) is 8.80. The number of nitrogens with one attached hydrogen (secondary N) is 3. The molecule has 6 nitrogen and oxygen atoms in total. The van der Waals surface area contributed by atoms with E-state index in [4.69, 9.17) is 6.42 Å². The van der Waals surface area contributed by atoms with Gasteiger partial charge in [0.1, 0.15) is 11.3 Å². The van der Waals surface area contributed by atoms with Crippen LogP contribution < -0.4 is 10.6 Å². The van der Waals surface area contributed by atoms with Gasteiger partial charge in [-0.15, -0.1) is 6.42 Å². The Morgan fingerprint density at radius 3 is 2.80 bits per heavy atom. The minimum atomic E-state index is -0.575. The standard InChI is InChI=1S/C18H13FN4O2/c1-2-7-20-17(24)12-5-3-4-6-14(12)23-18(25)13-8-11(19)9-15-16(13)22-10-21-15/h1,3-6,8-10H,7H2,(H,20,24)(H,21,22)(H,23,25). The first-order valence-corrected chi connectivity index (χ1v) is 7.35. The summed E-state index contributed by atoms with van der Waals surface area (Å²) in [4.78, 5) is 31.5. The van der Waals surface area contributed by atoms with Gasteiger partial charge in [0, 0.05) is 0 Å². The summed E-state index contributed by atoms with van der Waals surface area (Å²) in [6.07, 6.45) is 6.50. The predicted octanol–water partition coefficient (Wildman–Crippen LogP) is 2.32. The van der Waals surface area contributed by atoms with Crippen LogP contribution in [-0.4, -0.2) is 28.3 Å². The molecule has 124 valence electrons. The first-order valence-electron chi connectivity index (χ1n) is 7.35. The third-order valence-corrected chi connectivity index (χ3v) is 3.50. The average Bonchev–Trinajstić information content (AvgIpc) is 3.07. The number of aromatic amines is 1. The topological polar surface area (TPSA) is 86.9 Å². The molecule has 1 aromatic heterocycles. The van der Waals surface area contributed by atoms with E-state index in [9.17, 15) is 14.0 Å². The molecule has 3 N–H and O–H groups in total. The molecule has 0 aliphatic carbocycles. The molecule has 0 saturated heterocycles. The Kier molecular flexibility index (Phi) is 4.44. The Bertz CT molecular complexity index is 1000. The molecule has 0 bridgehead atoms. The molecular formula is C18H13FN4O2. The highest BCUT2D eigenvalue weighted by Crippen LogP contribution is 2.21. The van der Waals surface area contributed by atoms with Crippen LogP contribution in [0.15, 0.2) is 42.7 Å². The second-order valence-electron chi connectivity index (χ2n) is 5.14. The van der Waals surface area contributed by atoms with E-state index in [0.717, 1.165) is 6.07 Å². The van der Waals surface area contributed by atoms with Crippen LogP contribution in [0.1, 0.15) is 20.7 Å². The lowest BCUT2D eigenvalue weighted by Crippen LogP contribution is -2.25.